The highest BCUT2D eigenvalue weighted by Gasteiger charge is 2.15. The van der Waals surface area contributed by atoms with E-state index in [1.165, 1.54) is 44.1 Å². The van der Waals surface area contributed by atoms with Crippen molar-refractivity contribution in [2.45, 2.75) is 57.5 Å². The Hall–Kier alpha value is -0.340. The van der Waals surface area contributed by atoms with Crippen molar-refractivity contribution in [2.24, 2.45) is 0 Å². The number of nitrogens with one attached hydrogen (secondary N) is 1. The predicted octanol–water partition coefficient (Wildman–Crippen LogP) is 4.82. The Labute approximate surface area is 113 Å². The molecule has 0 radical (unpaired) electrons. The third-order valence-corrected chi connectivity index (χ3v) is 4.24. The largest absolute Gasteiger partial charge is 0.307 e. The summed E-state index contributed by atoms with van der Waals surface area (Å²) in [5, 5.41) is 3.78. The molecular weight excluding hydrogens is 274 g/mol. The minimum absolute atomic E-state index is 0.464. The van der Waals surface area contributed by atoms with E-state index in [-0.39, 0.29) is 0 Å². The van der Waals surface area contributed by atoms with Crippen molar-refractivity contribution in [1.29, 1.82) is 0 Å². The molecule has 0 spiro atoms. The maximum Gasteiger partial charge on any atom is 0.0294 e. The van der Waals surface area contributed by atoms with E-state index >= 15 is 0 Å². The summed E-state index contributed by atoms with van der Waals surface area (Å²) in [6.45, 7) is 2.27. The lowest BCUT2D eigenvalue weighted by Gasteiger charge is -2.22. The van der Waals surface area contributed by atoms with E-state index in [1.54, 1.807) is 0 Å². The van der Waals surface area contributed by atoms with Crippen LogP contribution in [0.15, 0.2) is 28.7 Å². The summed E-state index contributed by atoms with van der Waals surface area (Å²) in [4.78, 5) is 0. The molecule has 0 saturated heterocycles. The van der Waals surface area contributed by atoms with Crippen LogP contribution in [-0.4, -0.2) is 6.04 Å². The Balaban J connectivity index is 1.91. The van der Waals surface area contributed by atoms with Gasteiger partial charge in [0, 0.05) is 16.6 Å². The van der Waals surface area contributed by atoms with Crippen LogP contribution in [0.3, 0.4) is 0 Å². The normalized spacial score (nSPS) is 19.9. The zero-order valence-electron chi connectivity index (χ0n) is 10.6. The Morgan fingerprint density at radius 2 is 1.65 bits per heavy atom. The average Bonchev–Trinajstić information content (AvgIpc) is 2.58. The van der Waals surface area contributed by atoms with Gasteiger partial charge >= 0.3 is 0 Å². The first-order valence-electron chi connectivity index (χ1n) is 6.77. The lowest BCUT2D eigenvalue weighted by Crippen LogP contribution is -2.30. The summed E-state index contributed by atoms with van der Waals surface area (Å²) >= 11 is 3.48. The second-order valence-electron chi connectivity index (χ2n) is 5.13. The second kappa shape index (κ2) is 6.55. The number of hydrogen-bond acceptors (Lipinski definition) is 1. The maximum atomic E-state index is 3.78. The smallest absolute Gasteiger partial charge is 0.0294 e. The van der Waals surface area contributed by atoms with Crippen LogP contribution in [0, 0.1) is 0 Å². The number of halogens is 1. The van der Waals surface area contributed by atoms with E-state index < -0.39 is 0 Å². The van der Waals surface area contributed by atoms with Gasteiger partial charge in [-0.1, -0.05) is 53.7 Å². The summed E-state index contributed by atoms with van der Waals surface area (Å²) in [6.07, 6.45) is 8.33. The van der Waals surface area contributed by atoms with Gasteiger partial charge in [-0.25, -0.2) is 0 Å². The fourth-order valence-corrected chi connectivity index (χ4v) is 2.91. The Kier molecular flexibility index (Phi) is 5.05. The Morgan fingerprint density at radius 3 is 2.24 bits per heavy atom. The minimum atomic E-state index is 0.464. The van der Waals surface area contributed by atoms with E-state index in [9.17, 15) is 0 Å². The monoisotopic (exact) mass is 295 g/mol. The molecule has 0 amide bonds. The molecule has 0 heterocycles. The Morgan fingerprint density at radius 1 is 1.06 bits per heavy atom. The molecule has 1 aromatic rings. The van der Waals surface area contributed by atoms with Gasteiger partial charge in [-0.05, 0) is 37.5 Å². The second-order valence-corrected chi connectivity index (χ2v) is 6.04. The average molecular weight is 296 g/mol. The first-order valence-corrected chi connectivity index (χ1v) is 7.56. The van der Waals surface area contributed by atoms with Gasteiger partial charge in [-0.2, -0.15) is 0 Å². The van der Waals surface area contributed by atoms with Crippen molar-refractivity contribution in [3.8, 4) is 0 Å². The lowest BCUT2D eigenvalue weighted by atomic mass is 10.0. The van der Waals surface area contributed by atoms with Crippen molar-refractivity contribution in [3.05, 3.63) is 34.3 Å². The van der Waals surface area contributed by atoms with E-state index in [1.807, 2.05) is 0 Å². The molecule has 1 fully saturated rings. The minimum Gasteiger partial charge on any atom is -0.307 e. The molecule has 1 atom stereocenters. The molecule has 0 bridgehead atoms. The summed E-state index contributed by atoms with van der Waals surface area (Å²) in [6, 6.07) is 9.85. The zero-order valence-corrected chi connectivity index (χ0v) is 12.2. The molecule has 0 aromatic heterocycles. The quantitative estimate of drug-likeness (QED) is 0.788. The number of benzene rings is 1. The van der Waals surface area contributed by atoms with Crippen LogP contribution in [0.5, 0.6) is 0 Å². The van der Waals surface area contributed by atoms with Gasteiger partial charge in [0.2, 0.25) is 0 Å². The van der Waals surface area contributed by atoms with Gasteiger partial charge in [0.15, 0.2) is 0 Å². The summed E-state index contributed by atoms with van der Waals surface area (Å²) in [5.74, 6) is 0. The molecule has 1 nitrogen and oxygen atoms in total. The standard InChI is InChI=1S/C15H22BrN/c1-12(13-8-10-14(16)11-9-13)17-15-6-4-2-3-5-7-15/h8-12,15,17H,2-7H2,1H3. The van der Waals surface area contributed by atoms with Gasteiger partial charge in [0.25, 0.3) is 0 Å². The van der Waals surface area contributed by atoms with Gasteiger partial charge < -0.3 is 5.32 Å². The molecule has 1 N–H and O–H groups in total. The number of hydrogen-bond donors (Lipinski definition) is 1. The van der Waals surface area contributed by atoms with E-state index in [0.717, 1.165) is 10.5 Å². The number of rotatable bonds is 3. The summed E-state index contributed by atoms with van der Waals surface area (Å²) in [5.41, 5.74) is 1.39. The van der Waals surface area contributed by atoms with Crippen LogP contribution >= 0.6 is 15.9 Å². The van der Waals surface area contributed by atoms with Crippen LogP contribution < -0.4 is 5.32 Å². The molecule has 1 aliphatic rings. The fraction of sp³-hybridized carbons (Fsp3) is 0.600. The molecule has 94 valence electrons. The van der Waals surface area contributed by atoms with Crippen LogP contribution in [0.4, 0.5) is 0 Å². The fourth-order valence-electron chi connectivity index (χ4n) is 2.65. The summed E-state index contributed by atoms with van der Waals surface area (Å²) < 4.78 is 1.16. The topological polar surface area (TPSA) is 12.0 Å². The van der Waals surface area contributed by atoms with E-state index in [0.29, 0.717) is 6.04 Å². The van der Waals surface area contributed by atoms with Crippen LogP contribution in [0.25, 0.3) is 0 Å². The third kappa shape index (κ3) is 4.11. The van der Waals surface area contributed by atoms with Crippen molar-refractivity contribution in [2.75, 3.05) is 0 Å². The molecule has 1 aromatic carbocycles. The van der Waals surface area contributed by atoms with E-state index in [4.69, 9.17) is 0 Å². The van der Waals surface area contributed by atoms with Gasteiger partial charge in [0.05, 0.1) is 0 Å². The van der Waals surface area contributed by atoms with Crippen LogP contribution in [0.1, 0.15) is 57.1 Å². The van der Waals surface area contributed by atoms with Crippen LogP contribution in [-0.2, 0) is 0 Å². The van der Waals surface area contributed by atoms with Gasteiger partial charge in [0.1, 0.15) is 0 Å². The predicted molar refractivity (Wildman–Crippen MR) is 77.2 cm³/mol. The molecule has 17 heavy (non-hydrogen) atoms. The van der Waals surface area contributed by atoms with Crippen molar-refractivity contribution in [1.82, 2.24) is 5.32 Å². The first kappa shape index (κ1) is 13.1. The van der Waals surface area contributed by atoms with Crippen molar-refractivity contribution in [3.63, 3.8) is 0 Å². The van der Waals surface area contributed by atoms with Gasteiger partial charge in [-0.3, -0.25) is 0 Å². The molecule has 1 aliphatic carbocycles. The van der Waals surface area contributed by atoms with Crippen molar-refractivity contribution < 1.29 is 0 Å². The Bertz CT molecular complexity index is 325. The third-order valence-electron chi connectivity index (χ3n) is 3.71. The highest BCUT2D eigenvalue weighted by molar-refractivity contribution is 9.10. The summed E-state index contributed by atoms with van der Waals surface area (Å²) in [7, 11) is 0. The van der Waals surface area contributed by atoms with Crippen LogP contribution in [0.2, 0.25) is 0 Å². The molecule has 0 aliphatic heterocycles. The maximum absolute atomic E-state index is 3.78. The van der Waals surface area contributed by atoms with Crippen molar-refractivity contribution >= 4 is 15.9 Å². The first-order chi connectivity index (χ1) is 8.25. The zero-order chi connectivity index (χ0) is 12.1. The molecule has 1 saturated carbocycles. The highest BCUT2D eigenvalue weighted by atomic mass is 79.9. The molecule has 1 unspecified atom stereocenters. The van der Waals surface area contributed by atoms with E-state index in [2.05, 4.69) is 52.4 Å². The highest BCUT2D eigenvalue weighted by Crippen LogP contribution is 2.22. The molecule has 2 heteroatoms. The van der Waals surface area contributed by atoms with Gasteiger partial charge in [-0.15, -0.1) is 0 Å². The SMILES string of the molecule is CC(NC1CCCCCC1)c1ccc(Br)cc1. The molecular formula is C15H22BrN. The lowest BCUT2D eigenvalue weighted by molar-refractivity contribution is 0.414. The molecule has 2 rings (SSSR count).